The van der Waals surface area contributed by atoms with Gasteiger partial charge < -0.3 is 14.2 Å². The van der Waals surface area contributed by atoms with E-state index in [-0.39, 0.29) is 6.61 Å². The van der Waals surface area contributed by atoms with Crippen LogP contribution in [-0.2, 0) is 23.8 Å². The summed E-state index contributed by atoms with van der Waals surface area (Å²) in [5.74, 6) is -0.926. The van der Waals surface area contributed by atoms with E-state index in [9.17, 15) is 9.59 Å². The first kappa shape index (κ1) is 13.2. The molecule has 17 heavy (non-hydrogen) atoms. The Hall–Kier alpha value is -1.87. The molecule has 1 aliphatic heterocycles. The molecular formula is C11H13NO5. The van der Waals surface area contributed by atoms with Crippen molar-refractivity contribution < 1.29 is 23.8 Å². The molecule has 92 valence electrons. The fraction of sp³-hybridized carbons (Fsp3) is 0.545. The highest BCUT2D eigenvalue weighted by atomic mass is 16.6. The van der Waals surface area contributed by atoms with Crippen LogP contribution in [0, 0.1) is 11.3 Å². The highest BCUT2D eigenvalue weighted by Gasteiger charge is 2.30. The number of hydrogen-bond donors (Lipinski definition) is 0. The lowest BCUT2D eigenvalue weighted by molar-refractivity contribution is -0.161. The second-order valence-corrected chi connectivity index (χ2v) is 3.49. The average molecular weight is 239 g/mol. The Morgan fingerprint density at radius 2 is 2.06 bits per heavy atom. The molecular weight excluding hydrogens is 226 g/mol. The van der Waals surface area contributed by atoms with Crippen LogP contribution in [0.4, 0.5) is 0 Å². The molecule has 0 amide bonds. The van der Waals surface area contributed by atoms with Crippen LogP contribution in [0.25, 0.3) is 0 Å². The lowest BCUT2D eigenvalue weighted by Gasteiger charge is -2.28. The summed E-state index contributed by atoms with van der Waals surface area (Å²) >= 11 is 0. The minimum atomic E-state index is -0.720. The molecule has 6 heteroatoms. The molecule has 0 aromatic carbocycles. The Kier molecular flexibility index (Phi) is 4.67. The van der Waals surface area contributed by atoms with Gasteiger partial charge in [-0.2, -0.15) is 5.26 Å². The fourth-order valence-electron chi connectivity index (χ4n) is 1.36. The van der Waals surface area contributed by atoms with Crippen LogP contribution in [0.3, 0.4) is 0 Å². The van der Waals surface area contributed by atoms with Crippen molar-refractivity contribution >= 4 is 11.9 Å². The first-order chi connectivity index (χ1) is 8.02. The first-order valence-corrected chi connectivity index (χ1v) is 5.07. The maximum atomic E-state index is 10.9. The standard InChI is InChI=1S/C11H13NO5/c1-7(13)15-6-11-10(16-8(2)14)4-3-9(5-12)17-11/h3-4,9-11H,6H2,1-2H3. The topological polar surface area (TPSA) is 85.6 Å². The molecule has 1 aliphatic rings. The number of carbonyl (C=O) groups is 2. The molecule has 0 aromatic rings. The van der Waals surface area contributed by atoms with Crippen molar-refractivity contribution in [3.05, 3.63) is 12.2 Å². The third kappa shape index (κ3) is 4.25. The number of ether oxygens (including phenoxy) is 3. The molecule has 0 saturated heterocycles. The van der Waals surface area contributed by atoms with E-state index in [4.69, 9.17) is 19.5 Å². The summed E-state index contributed by atoms with van der Waals surface area (Å²) in [5.41, 5.74) is 0. The number of nitrogens with zero attached hydrogens (tertiary/aromatic N) is 1. The van der Waals surface area contributed by atoms with Crippen LogP contribution in [0.2, 0.25) is 0 Å². The Bertz CT molecular complexity index is 371. The first-order valence-electron chi connectivity index (χ1n) is 5.07. The van der Waals surface area contributed by atoms with Crippen molar-refractivity contribution in [2.45, 2.75) is 32.2 Å². The molecule has 3 atom stereocenters. The van der Waals surface area contributed by atoms with Gasteiger partial charge in [-0.1, -0.05) is 0 Å². The van der Waals surface area contributed by atoms with E-state index in [1.807, 2.05) is 6.07 Å². The highest BCUT2D eigenvalue weighted by molar-refractivity contribution is 5.66. The number of rotatable bonds is 3. The number of nitriles is 1. The van der Waals surface area contributed by atoms with Gasteiger partial charge in [0.05, 0.1) is 6.07 Å². The lowest BCUT2D eigenvalue weighted by atomic mass is 10.1. The van der Waals surface area contributed by atoms with Crippen LogP contribution < -0.4 is 0 Å². The predicted octanol–water partition coefficient (Wildman–Crippen LogP) is 0.328. The zero-order chi connectivity index (χ0) is 12.8. The second-order valence-electron chi connectivity index (χ2n) is 3.49. The monoisotopic (exact) mass is 239 g/mol. The van der Waals surface area contributed by atoms with E-state index in [0.29, 0.717) is 0 Å². The molecule has 0 radical (unpaired) electrons. The van der Waals surface area contributed by atoms with E-state index in [1.165, 1.54) is 19.9 Å². The van der Waals surface area contributed by atoms with E-state index >= 15 is 0 Å². The third-order valence-electron chi connectivity index (χ3n) is 2.04. The van der Waals surface area contributed by atoms with Crippen LogP contribution >= 0.6 is 0 Å². The highest BCUT2D eigenvalue weighted by Crippen LogP contribution is 2.16. The molecule has 1 rings (SSSR count). The SMILES string of the molecule is CC(=O)OCC1OC(C#N)C=CC1OC(C)=O. The minimum Gasteiger partial charge on any atom is -0.463 e. The summed E-state index contributed by atoms with van der Waals surface area (Å²) in [6.07, 6.45) is 1.04. The molecule has 0 spiro atoms. The molecule has 0 fully saturated rings. The minimum absolute atomic E-state index is 0.0597. The number of carbonyl (C=O) groups excluding carboxylic acids is 2. The molecule has 0 aromatic heterocycles. The molecule has 0 N–H and O–H groups in total. The molecule has 1 heterocycles. The van der Waals surface area contributed by atoms with Crippen molar-refractivity contribution in [3.63, 3.8) is 0 Å². The van der Waals surface area contributed by atoms with Gasteiger partial charge in [-0.15, -0.1) is 0 Å². The van der Waals surface area contributed by atoms with Gasteiger partial charge in [0, 0.05) is 13.8 Å². The molecule has 3 unspecified atom stereocenters. The zero-order valence-corrected chi connectivity index (χ0v) is 9.58. The Morgan fingerprint density at radius 1 is 1.35 bits per heavy atom. The van der Waals surface area contributed by atoms with Crippen molar-refractivity contribution in [2.24, 2.45) is 0 Å². The Labute approximate surface area is 98.7 Å². The van der Waals surface area contributed by atoms with E-state index < -0.39 is 30.3 Å². The maximum Gasteiger partial charge on any atom is 0.303 e. The smallest absolute Gasteiger partial charge is 0.303 e. The summed E-state index contributed by atoms with van der Waals surface area (Å²) in [6, 6.07) is 1.91. The van der Waals surface area contributed by atoms with E-state index in [2.05, 4.69) is 0 Å². The largest absolute Gasteiger partial charge is 0.463 e. The molecule has 0 bridgehead atoms. The summed E-state index contributed by atoms with van der Waals surface area (Å²) < 4.78 is 15.1. The molecule has 6 nitrogen and oxygen atoms in total. The molecule has 0 aliphatic carbocycles. The predicted molar refractivity (Wildman–Crippen MR) is 55.6 cm³/mol. The summed E-state index contributed by atoms with van der Waals surface area (Å²) in [7, 11) is 0. The van der Waals surface area contributed by atoms with Gasteiger partial charge in [-0.3, -0.25) is 9.59 Å². The quantitative estimate of drug-likeness (QED) is 0.521. The number of esters is 2. The van der Waals surface area contributed by atoms with Crippen molar-refractivity contribution in [1.29, 1.82) is 5.26 Å². The zero-order valence-electron chi connectivity index (χ0n) is 9.58. The van der Waals surface area contributed by atoms with Crippen molar-refractivity contribution in [2.75, 3.05) is 6.61 Å². The van der Waals surface area contributed by atoms with Gasteiger partial charge in [0.2, 0.25) is 0 Å². The lowest BCUT2D eigenvalue weighted by Crippen LogP contribution is -2.41. The van der Waals surface area contributed by atoms with Gasteiger partial charge in [-0.25, -0.2) is 0 Å². The van der Waals surface area contributed by atoms with Crippen LogP contribution in [-0.4, -0.2) is 36.9 Å². The number of hydrogen-bond acceptors (Lipinski definition) is 6. The van der Waals surface area contributed by atoms with Gasteiger partial charge in [0.1, 0.15) is 18.8 Å². The van der Waals surface area contributed by atoms with Gasteiger partial charge in [0.25, 0.3) is 0 Å². The summed E-state index contributed by atoms with van der Waals surface area (Å²) in [6.45, 7) is 2.48. The Balaban J connectivity index is 2.66. The van der Waals surface area contributed by atoms with Crippen LogP contribution in [0.1, 0.15) is 13.8 Å². The fourth-order valence-corrected chi connectivity index (χ4v) is 1.36. The summed E-state index contributed by atoms with van der Waals surface area (Å²) in [4.78, 5) is 21.6. The normalized spacial score (nSPS) is 27.0. The second kappa shape index (κ2) is 6.01. The van der Waals surface area contributed by atoms with Crippen molar-refractivity contribution in [3.8, 4) is 6.07 Å². The van der Waals surface area contributed by atoms with Crippen LogP contribution in [0.15, 0.2) is 12.2 Å². The Morgan fingerprint density at radius 3 is 2.59 bits per heavy atom. The average Bonchev–Trinajstić information content (AvgIpc) is 2.27. The van der Waals surface area contributed by atoms with Gasteiger partial charge in [0.15, 0.2) is 6.10 Å². The summed E-state index contributed by atoms with van der Waals surface area (Å²) in [5, 5.41) is 8.71. The molecule has 0 saturated carbocycles. The third-order valence-corrected chi connectivity index (χ3v) is 2.04. The van der Waals surface area contributed by atoms with Gasteiger partial charge >= 0.3 is 11.9 Å². The van der Waals surface area contributed by atoms with E-state index in [1.54, 1.807) is 6.08 Å². The van der Waals surface area contributed by atoms with Gasteiger partial charge in [-0.05, 0) is 12.2 Å². The van der Waals surface area contributed by atoms with Crippen molar-refractivity contribution in [1.82, 2.24) is 0 Å². The maximum absolute atomic E-state index is 10.9. The van der Waals surface area contributed by atoms with E-state index in [0.717, 1.165) is 0 Å². The van der Waals surface area contributed by atoms with Crippen LogP contribution in [0.5, 0.6) is 0 Å².